The number of hydrogen-bond acceptors (Lipinski definition) is 4. The van der Waals surface area contributed by atoms with Crippen molar-refractivity contribution in [3.8, 4) is 17.1 Å². The summed E-state index contributed by atoms with van der Waals surface area (Å²) < 4.78 is 40.0. The molecule has 0 aliphatic heterocycles. The van der Waals surface area contributed by atoms with Crippen LogP contribution in [-0.4, -0.2) is 16.3 Å². The third kappa shape index (κ3) is 3.47. The zero-order valence-electron chi connectivity index (χ0n) is 9.28. The molecule has 2 N–H and O–H groups in total. The zero-order chi connectivity index (χ0) is 14.0. The summed E-state index contributed by atoms with van der Waals surface area (Å²) in [5, 5.41) is 0.0525. The lowest BCUT2D eigenvalue weighted by molar-refractivity contribution is -0.276. The molecule has 100 valence electrons. The Hall–Kier alpha value is -2.02. The molecule has 4 nitrogen and oxygen atoms in total. The molecular formula is C11H7ClF3N3O. The average Bonchev–Trinajstić information content (AvgIpc) is 2.26. The van der Waals surface area contributed by atoms with E-state index in [0.717, 1.165) is 6.07 Å². The predicted octanol–water partition coefficient (Wildman–Crippen LogP) is 3.28. The van der Waals surface area contributed by atoms with Crippen molar-refractivity contribution in [1.29, 1.82) is 0 Å². The van der Waals surface area contributed by atoms with Crippen LogP contribution in [0.1, 0.15) is 0 Å². The van der Waals surface area contributed by atoms with Gasteiger partial charge in [0.05, 0.1) is 5.69 Å². The van der Waals surface area contributed by atoms with Gasteiger partial charge in [-0.3, -0.25) is 0 Å². The Balaban J connectivity index is 2.38. The smallest absolute Gasteiger partial charge is 0.388 e. The Morgan fingerprint density at radius 3 is 2.47 bits per heavy atom. The fourth-order valence-electron chi connectivity index (χ4n) is 1.38. The van der Waals surface area contributed by atoms with E-state index in [0.29, 0.717) is 5.56 Å². The Labute approximate surface area is 111 Å². The fourth-order valence-corrected chi connectivity index (χ4v) is 1.64. The van der Waals surface area contributed by atoms with Crippen LogP contribution < -0.4 is 10.5 Å². The van der Waals surface area contributed by atoms with Gasteiger partial charge in [-0.05, 0) is 18.2 Å². The van der Waals surface area contributed by atoms with E-state index in [-0.39, 0.29) is 16.7 Å². The Morgan fingerprint density at radius 1 is 1.11 bits per heavy atom. The number of nitrogens with zero attached hydrogens (tertiary/aromatic N) is 2. The van der Waals surface area contributed by atoms with Crippen LogP contribution in [-0.2, 0) is 0 Å². The number of rotatable bonds is 2. The molecule has 0 aliphatic carbocycles. The lowest BCUT2D eigenvalue weighted by atomic mass is 10.2. The number of ether oxygens (including phenoxy) is 1. The molecular weight excluding hydrogens is 283 g/mol. The summed E-state index contributed by atoms with van der Waals surface area (Å²) in [4.78, 5) is 7.51. The summed E-state index contributed by atoms with van der Waals surface area (Å²) in [5.74, 6) is -0.366. The van der Waals surface area contributed by atoms with Crippen LogP contribution in [0, 0.1) is 0 Å². The van der Waals surface area contributed by atoms with Gasteiger partial charge in [0.25, 0.3) is 0 Å². The van der Waals surface area contributed by atoms with Crippen LogP contribution in [0.2, 0.25) is 5.15 Å². The van der Waals surface area contributed by atoms with Crippen LogP contribution in [0.15, 0.2) is 30.3 Å². The minimum absolute atomic E-state index is 0.0525. The second-order valence-corrected chi connectivity index (χ2v) is 3.84. The summed E-state index contributed by atoms with van der Waals surface area (Å²) in [6.07, 6.45) is -4.80. The SMILES string of the molecule is Nc1ccc(-c2cccc(OC(F)(F)F)n2)c(Cl)n1. The molecule has 0 spiro atoms. The third-order valence-electron chi connectivity index (χ3n) is 2.09. The molecule has 0 atom stereocenters. The molecule has 8 heteroatoms. The van der Waals surface area contributed by atoms with Gasteiger partial charge in [-0.1, -0.05) is 17.7 Å². The molecule has 0 aliphatic rings. The molecule has 2 aromatic rings. The number of aromatic nitrogens is 2. The number of nitrogen functional groups attached to an aromatic ring is 1. The van der Waals surface area contributed by atoms with Gasteiger partial charge in [0, 0.05) is 11.6 Å². The van der Waals surface area contributed by atoms with Crippen molar-refractivity contribution in [2.75, 3.05) is 5.73 Å². The summed E-state index contributed by atoms with van der Waals surface area (Å²) in [6.45, 7) is 0. The van der Waals surface area contributed by atoms with Crippen molar-refractivity contribution in [2.24, 2.45) is 0 Å². The molecule has 2 rings (SSSR count). The maximum atomic E-state index is 12.1. The first kappa shape index (κ1) is 13.4. The Morgan fingerprint density at radius 2 is 1.84 bits per heavy atom. The van der Waals surface area contributed by atoms with Gasteiger partial charge < -0.3 is 10.5 Å². The topological polar surface area (TPSA) is 61.0 Å². The van der Waals surface area contributed by atoms with E-state index in [1.165, 1.54) is 24.3 Å². The van der Waals surface area contributed by atoms with Crippen molar-refractivity contribution < 1.29 is 17.9 Å². The molecule has 0 saturated heterocycles. The predicted molar refractivity (Wildman–Crippen MR) is 63.6 cm³/mol. The standard InChI is InChI=1S/C11H7ClF3N3O/c12-10-6(4-5-8(16)18-10)7-2-1-3-9(17-7)19-11(13,14)15/h1-5H,(H2,16,18). The van der Waals surface area contributed by atoms with E-state index < -0.39 is 12.2 Å². The maximum Gasteiger partial charge on any atom is 0.574 e. The van der Waals surface area contributed by atoms with Gasteiger partial charge in [0.15, 0.2) is 0 Å². The number of hydrogen-bond donors (Lipinski definition) is 1. The third-order valence-corrected chi connectivity index (χ3v) is 2.38. The van der Waals surface area contributed by atoms with E-state index >= 15 is 0 Å². The Bertz CT molecular complexity index is 604. The molecule has 0 saturated carbocycles. The largest absolute Gasteiger partial charge is 0.574 e. The second kappa shape index (κ2) is 4.93. The first-order chi connectivity index (χ1) is 8.85. The second-order valence-electron chi connectivity index (χ2n) is 3.48. The van der Waals surface area contributed by atoms with E-state index in [2.05, 4.69) is 14.7 Å². The van der Waals surface area contributed by atoms with Crippen molar-refractivity contribution in [3.05, 3.63) is 35.5 Å². The minimum atomic E-state index is -4.80. The molecule has 0 unspecified atom stereocenters. The fraction of sp³-hybridized carbons (Fsp3) is 0.0909. The lowest BCUT2D eigenvalue weighted by Crippen LogP contribution is -2.17. The number of anilines is 1. The van der Waals surface area contributed by atoms with Crippen LogP contribution >= 0.6 is 11.6 Å². The van der Waals surface area contributed by atoms with E-state index in [9.17, 15) is 13.2 Å². The molecule has 0 amide bonds. The van der Waals surface area contributed by atoms with Crippen LogP contribution in [0.4, 0.5) is 19.0 Å². The monoisotopic (exact) mass is 289 g/mol. The van der Waals surface area contributed by atoms with E-state index in [4.69, 9.17) is 17.3 Å². The van der Waals surface area contributed by atoms with Gasteiger partial charge in [-0.2, -0.15) is 0 Å². The number of halogens is 4. The van der Waals surface area contributed by atoms with Crippen molar-refractivity contribution in [3.63, 3.8) is 0 Å². The highest BCUT2D eigenvalue weighted by Gasteiger charge is 2.31. The first-order valence-electron chi connectivity index (χ1n) is 5.00. The van der Waals surface area contributed by atoms with E-state index in [1.807, 2.05) is 0 Å². The van der Waals surface area contributed by atoms with Crippen LogP contribution in [0.3, 0.4) is 0 Å². The van der Waals surface area contributed by atoms with Crippen LogP contribution in [0.5, 0.6) is 5.88 Å². The molecule has 0 fully saturated rings. The summed E-state index contributed by atoms with van der Waals surface area (Å²) in [7, 11) is 0. The average molecular weight is 290 g/mol. The lowest BCUT2D eigenvalue weighted by Gasteiger charge is -2.09. The molecule has 19 heavy (non-hydrogen) atoms. The van der Waals surface area contributed by atoms with Gasteiger partial charge >= 0.3 is 6.36 Å². The molecule has 0 aromatic carbocycles. The molecule has 0 bridgehead atoms. The normalized spacial score (nSPS) is 11.4. The van der Waals surface area contributed by atoms with Crippen molar-refractivity contribution in [1.82, 2.24) is 9.97 Å². The first-order valence-corrected chi connectivity index (χ1v) is 5.38. The zero-order valence-corrected chi connectivity index (χ0v) is 10.0. The molecule has 2 aromatic heterocycles. The number of alkyl halides is 3. The van der Waals surface area contributed by atoms with Gasteiger partial charge in [-0.25, -0.2) is 9.97 Å². The summed E-state index contributed by atoms with van der Waals surface area (Å²) >= 11 is 5.86. The minimum Gasteiger partial charge on any atom is -0.388 e. The molecule has 2 heterocycles. The summed E-state index contributed by atoms with van der Waals surface area (Å²) in [5.41, 5.74) is 6.00. The van der Waals surface area contributed by atoms with Crippen molar-refractivity contribution in [2.45, 2.75) is 6.36 Å². The Kier molecular flexibility index (Phi) is 3.48. The van der Waals surface area contributed by atoms with Gasteiger partial charge in [0.2, 0.25) is 5.88 Å². The van der Waals surface area contributed by atoms with Crippen molar-refractivity contribution >= 4 is 17.4 Å². The highest BCUT2D eigenvalue weighted by atomic mass is 35.5. The highest BCUT2D eigenvalue weighted by Crippen LogP contribution is 2.28. The highest BCUT2D eigenvalue weighted by molar-refractivity contribution is 6.32. The summed E-state index contributed by atoms with van der Waals surface area (Å²) in [6, 6.07) is 6.94. The number of nitrogens with two attached hydrogens (primary N) is 1. The maximum absolute atomic E-state index is 12.1. The van der Waals surface area contributed by atoms with Gasteiger partial charge in [0.1, 0.15) is 11.0 Å². The molecule has 0 radical (unpaired) electrons. The number of pyridine rings is 2. The van der Waals surface area contributed by atoms with E-state index in [1.54, 1.807) is 0 Å². The van der Waals surface area contributed by atoms with Crippen LogP contribution in [0.25, 0.3) is 11.3 Å². The quantitative estimate of drug-likeness (QED) is 0.862. The van der Waals surface area contributed by atoms with Gasteiger partial charge in [-0.15, -0.1) is 13.2 Å².